The molecule has 0 bridgehead atoms. The molecular formula is C15H16N2O3. The lowest BCUT2D eigenvalue weighted by atomic mass is 10.0. The predicted molar refractivity (Wildman–Crippen MR) is 75.2 cm³/mol. The molecule has 1 amide bonds. The fourth-order valence-electron chi connectivity index (χ4n) is 1.40. The van der Waals surface area contributed by atoms with E-state index in [0.717, 1.165) is 5.56 Å². The molecule has 0 saturated carbocycles. The molecule has 1 aromatic carbocycles. The van der Waals surface area contributed by atoms with Crippen LogP contribution in [0.15, 0.2) is 54.9 Å². The summed E-state index contributed by atoms with van der Waals surface area (Å²) in [5.41, 5.74) is 6.28. The van der Waals surface area contributed by atoms with Crippen molar-refractivity contribution in [3.8, 4) is 0 Å². The quantitative estimate of drug-likeness (QED) is 0.894. The Hall–Kier alpha value is -2.69. The van der Waals surface area contributed by atoms with Gasteiger partial charge in [0, 0.05) is 18.0 Å². The molecule has 1 aromatic heterocycles. The van der Waals surface area contributed by atoms with Gasteiger partial charge in [0.05, 0.1) is 5.92 Å². The van der Waals surface area contributed by atoms with Crippen LogP contribution in [-0.4, -0.2) is 22.0 Å². The molecule has 0 saturated heterocycles. The van der Waals surface area contributed by atoms with Crippen LogP contribution in [0.4, 0.5) is 0 Å². The van der Waals surface area contributed by atoms with E-state index >= 15 is 0 Å². The van der Waals surface area contributed by atoms with Gasteiger partial charge < -0.3 is 10.8 Å². The van der Waals surface area contributed by atoms with Crippen LogP contribution in [0, 0.1) is 0 Å². The van der Waals surface area contributed by atoms with Crippen LogP contribution in [0.3, 0.4) is 0 Å². The average Bonchev–Trinajstić information content (AvgIpc) is 2.49. The number of amides is 1. The van der Waals surface area contributed by atoms with E-state index in [-0.39, 0.29) is 0 Å². The molecule has 0 aliphatic rings. The third-order valence-corrected chi connectivity index (χ3v) is 2.63. The van der Waals surface area contributed by atoms with Gasteiger partial charge in [-0.1, -0.05) is 30.3 Å². The zero-order valence-corrected chi connectivity index (χ0v) is 11.1. The van der Waals surface area contributed by atoms with Crippen molar-refractivity contribution in [3.63, 3.8) is 0 Å². The van der Waals surface area contributed by atoms with Gasteiger partial charge in [0.15, 0.2) is 0 Å². The summed E-state index contributed by atoms with van der Waals surface area (Å²) in [5, 5.41) is 8.64. The Balaban J connectivity index is 0.000000204. The number of benzene rings is 1. The first kappa shape index (κ1) is 15.4. The second-order valence-electron chi connectivity index (χ2n) is 4.07. The number of pyridine rings is 1. The molecule has 1 atom stereocenters. The van der Waals surface area contributed by atoms with E-state index in [9.17, 15) is 9.59 Å². The third kappa shape index (κ3) is 4.89. The van der Waals surface area contributed by atoms with Crippen molar-refractivity contribution in [2.75, 3.05) is 0 Å². The van der Waals surface area contributed by atoms with Crippen molar-refractivity contribution in [3.05, 3.63) is 66.0 Å². The molecule has 0 unspecified atom stereocenters. The van der Waals surface area contributed by atoms with Gasteiger partial charge >= 0.3 is 5.97 Å². The summed E-state index contributed by atoms with van der Waals surface area (Å²) in [6, 6.07) is 12.3. The summed E-state index contributed by atoms with van der Waals surface area (Å²) < 4.78 is 0. The van der Waals surface area contributed by atoms with Gasteiger partial charge in [-0.2, -0.15) is 0 Å². The minimum absolute atomic E-state index is 0.406. The number of hydrogen-bond acceptors (Lipinski definition) is 3. The van der Waals surface area contributed by atoms with E-state index in [0.29, 0.717) is 5.56 Å². The number of carbonyl (C=O) groups excluding carboxylic acids is 1. The first-order valence-corrected chi connectivity index (χ1v) is 6.00. The zero-order valence-electron chi connectivity index (χ0n) is 11.1. The van der Waals surface area contributed by atoms with Crippen LogP contribution in [0.5, 0.6) is 0 Å². The van der Waals surface area contributed by atoms with E-state index in [1.54, 1.807) is 19.1 Å². The molecule has 5 heteroatoms. The number of primary amides is 1. The summed E-state index contributed by atoms with van der Waals surface area (Å²) in [6.07, 6.45) is 3.06. The molecule has 20 heavy (non-hydrogen) atoms. The van der Waals surface area contributed by atoms with Gasteiger partial charge in [-0.15, -0.1) is 0 Å². The van der Waals surface area contributed by atoms with Crippen molar-refractivity contribution in [2.45, 2.75) is 12.8 Å². The number of carboxylic acid groups (broad SMARTS) is 1. The number of carboxylic acids is 1. The molecule has 5 nitrogen and oxygen atoms in total. The molecule has 104 valence electrons. The molecule has 2 rings (SSSR count). The first-order valence-electron chi connectivity index (χ1n) is 6.00. The van der Waals surface area contributed by atoms with Crippen molar-refractivity contribution >= 4 is 11.9 Å². The van der Waals surface area contributed by atoms with Crippen molar-refractivity contribution in [1.29, 1.82) is 0 Å². The highest BCUT2D eigenvalue weighted by Gasteiger charge is 2.11. The molecule has 0 spiro atoms. The number of nitrogens with zero attached hydrogens (tertiary/aromatic N) is 1. The number of rotatable bonds is 3. The Morgan fingerprint density at radius 1 is 1.10 bits per heavy atom. The van der Waals surface area contributed by atoms with Crippen LogP contribution in [-0.2, 0) is 4.79 Å². The fraction of sp³-hybridized carbons (Fsp3) is 0.133. The highest BCUT2D eigenvalue weighted by molar-refractivity contribution is 5.92. The first-order chi connectivity index (χ1) is 9.52. The number of carbonyl (C=O) groups is 2. The molecule has 2 aromatic rings. The summed E-state index contributed by atoms with van der Waals surface area (Å²) in [5.74, 6) is -1.61. The molecule has 0 fully saturated rings. The minimum Gasteiger partial charge on any atom is -0.481 e. The van der Waals surface area contributed by atoms with Crippen molar-refractivity contribution in [2.24, 2.45) is 5.73 Å². The summed E-state index contributed by atoms with van der Waals surface area (Å²) in [7, 11) is 0. The van der Waals surface area contributed by atoms with E-state index in [1.807, 2.05) is 30.3 Å². The molecular weight excluding hydrogens is 256 g/mol. The van der Waals surface area contributed by atoms with E-state index in [1.165, 1.54) is 12.4 Å². The normalized spacial score (nSPS) is 10.8. The van der Waals surface area contributed by atoms with E-state index < -0.39 is 17.8 Å². The van der Waals surface area contributed by atoms with E-state index in [2.05, 4.69) is 4.98 Å². The maximum atomic E-state index is 10.5. The smallest absolute Gasteiger partial charge is 0.310 e. The molecule has 3 N–H and O–H groups in total. The van der Waals surface area contributed by atoms with Crippen molar-refractivity contribution < 1.29 is 14.7 Å². The number of aliphatic carboxylic acids is 1. The predicted octanol–water partition coefficient (Wildman–Crippen LogP) is 2.06. The van der Waals surface area contributed by atoms with E-state index in [4.69, 9.17) is 10.8 Å². The summed E-state index contributed by atoms with van der Waals surface area (Å²) in [4.78, 5) is 24.6. The Morgan fingerprint density at radius 3 is 2.05 bits per heavy atom. The highest BCUT2D eigenvalue weighted by Crippen LogP contribution is 2.13. The van der Waals surface area contributed by atoms with Crippen LogP contribution >= 0.6 is 0 Å². The highest BCUT2D eigenvalue weighted by atomic mass is 16.4. The standard InChI is InChI=1S/C9H10O2.C6H6N2O/c1-7(9(10)11)8-5-3-2-4-6-8;7-6(9)5-1-3-8-4-2-5/h2-7H,1H3,(H,10,11);1-4H,(H2,7,9)/t7-;/m0./s1. The lowest BCUT2D eigenvalue weighted by molar-refractivity contribution is -0.138. The largest absolute Gasteiger partial charge is 0.481 e. The maximum absolute atomic E-state index is 10.5. The second kappa shape index (κ2) is 7.68. The van der Waals surface area contributed by atoms with Gasteiger partial charge in [-0.25, -0.2) is 0 Å². The minimum atomic E-state index is -0.781. The van der Waals surface area contributed by atoms with Crippen LogP contribution in [0.2, 0.25) is 0 Å². The van der Waals surface area contributed by atoms with Gasteiger partial charge in [0.25, 0.3) is 0 Å². The monoisotopic (exact) mass is 272 g/mol. The zero-order chi connectivity index (χ0) is 15.0. The Bertz CT molecular complexity index is 556. The molecule has 1 heterocycles. The van der Waals surface area contributed by atoms with Gasteiger partial charge in [0.2, 0.25) is 5.91 Å². The van der Waals surface area contributed by atoms with Crippen LogP contribution < -0.4 is 5.73 Å². The third-order valence-electron chi connectivity index (χ3n) is 2.63. The lowest BCUT2D eigenvalue weighted by Crippen LogP contribution is -2.10. The number of nitrogens with two attached hydrogens (primary N) is 1. The molecule has 0 aliphatic carbocycles. The van der Waals surface area contributed by atoms with Crippen LogP contribution in [0.25, 0.3) is 0 Å². The molecule has 0 aliphatic heterocycles. The maximum Gasteiger partial charge on any atom is 0.310 e. The number of hydrogen-bond donors (Lipinski definition) is 2. The summed E-state index contributed by atoms with van der Waals surface area (Å²) in [6.45, 7) is 1.68. The molecule has 0 radical (unpaired) electrons. The lowest BCUT2D eigenvalue weighted by Gasteiger charge is -2.04. The van der Waals surface area contributed by atoms with Gasteiger partial charge in [-0.3, -0.25) is 14.6 Å². The van der Waals surface area contributed by atoms with Crippen LogP contribution in [0.1, 0.15) is 28.8 Å². The second-order valence-corrected chi connectivity index (χ2v) is 4.07. The topological polar surface area (TPSA) is 93.3 Å². The SMILES string of the molecule is C[C@H](C(=O)O)c1ccccc1.NC(=O)c1ccncc1. The van der Waals surface area contributed by atoms with Gasteiger partial charge in [-0.05, 0) is 24.6 Å². The Kier molecular flexibility index (Phi) is 5.90. The fourth-order valence-corrected chi connectivity index (χ4v) is 1.40. The Labute approximate surface area is 117 Å². The number of aromatic nitrogens is 1. The summed E-state index contributed by atoms with van der Waals surface area (Å²) >= 11 is 0. The average molecular weight is 272 g/mol. The Morgan fingerprint density at radius 2 is 1.65 bits per heavy atom. The van der Waals surface area contributed by atoms with Gasteiger partial charge in [0.1, 0.15) is 0 Å². The van der Waals surface area contributed by atoms with Crippen molar-refractivity contribution in [1.82, 2.24) is 4.98 Å².